The van der Waals surface area contributed by atoms with E-state index >= 15 is 0 Å². The van der Waals surface area contributed by atoms with Crippen molar-refractivity contribution in [3.05, 3.63) is 53.4 Å². The first-order valence-electron chi connectivity index (χ1n) is 8.78. The minimum absolute atomic E-state index is 0.296. The normalized spacial score (nSPS) is 14.6. The minimum atomic E-state index is 0.296. The van der Waals surface area contributed by atoms with Crippen LogP contribution in [0.5, 0.6) is 0 Å². The number of benzene rings is 1. The summed E-state index contributed by atoms with van der Waals surface area (Å²) in [4.78, 5) is 12.2. The molecular weight excluding hydrogens is 330 g/mol. The summed E-state index contributed by atoms with van der Waals surface area (Å²) in [6.07, 6.45) is 3.86. The van der Waals surface area contributed by atoms with Crippen molar-refractivity contribution in [1.82, 2.24) is 14.8 Å². The third kappa shape index (κ3) is 4.82. The number of Topliss-reactive ketones (excluding diaryl/α,β-unsaturated/α-hetero) is 1. The van der Waals surface area contributed by atoms with Crippen LogP contribution in [0.3, 0.4) is 0 Å². The summed E-state index contributed by atoms with van der Waals surface area (Å²) >= 11 is 1.50. The molecule has 1 aliphatic rings. The predicted octanol–water partition coefficient (Wildman–Crippen LogP) is 4.35. The van der Waals surface area contributed by atoms with Crippen molar-refractivity contribution in [3.8, 4) is 0 Å². The van der Waals surface area contributed by atoms with Crippen molar-refractivity contribution in [2.24, 2.45) is 5.92 Å². The predicted molar refractivity (Wildman–Crippen MR) is 102 cm³/mol. The van der Waals surface area contributed by atoms with Crippen LogP contribution in [0.1, 0.15) is 42.6 Å². The molecule has 1 heterocycles. The van der Waals surface area contributed by atoms with Gasteiger partial charge in [-0.05, 0) is 44.6 Å². The number of aromatic nitrogens is 3. The molecule has 5 heteroatoms. The molecule has 1 aliphatic carbocycles. The van der Waals surface area contributed by atoms with Crippen LogP contribution in [0.2, 0.25) is 0 Å². The molecule has 0 unspecified atom stereocenters. The highest BCUT2D eigenvalue weighted by Gasteiger charge is 2.22. The van der Waals surface area contributed by atoms with Crippen molar-refractivity contribution in [2.45, 2.75) is 51.2 Å². The number of carbonyl (C=O) groups excluding carboxylic acids is 1. The lowest BCUT2D eigenvalue weighted by molar-refractivity contribution is -0.116. The fraction of sp³-hybridized carbons (Fsp3) is 0.450. The quantitative estimate of drug-likeness (QED) is 0.522. The molecule has 132 valence electrons. The van der Waals surface area contributed by atoms with Gasteiger partial charge in [0.05, 0.1) is 12.3 Å². The molecule has 0 N–H and O–H groups in total. The maximum atomic E-state index is 12.2. The first-order chi connectivity index (χ1) is 12.0. The van der Waals surface area contributed by atoms with Gasteiger partial charge in [0.2, 0.25) is 0 Å². The highest BCUT2D eigenvalue weighted by atomic mass is 32.2. The molecule has 4 nitrogen and oxygen atoms in total. The van der Waals surface area contributed by atoms with Crippen LogP contribution in [0, 0.1) is 19.8 Å². The first kappa shape index (κ1) is 17.9. The van der Waals surface area contributed by atoms with Gasteiger partial charge in [0, 0.05) is 6.42 Å². The van der Waals surface area contributed by atoms with Gasteiger partial charge in [-0.3, -0.25) is 4.79 Å². The van der Waals surface area contributed by atoms with Crippen molar-refractivity contribution >= 4 is 17.5 Å². The van der Waals surface area contributed by atoms with E-state index in [1.54, 1.807) is 0 Å². The van der Waals surface area contributed by atoms with E-state index in [1.165, 1.54) is 28.5 Å². The Kier molecular flexibility index (Phi) is 5.74. The van der Waals surface area contributed by atoms with Crippen molar-refractivity contribution in [3.63, 3.8) is 0 Å². The van der Waals surface area contributed by atoms with Gasteiger partial charge in [-0.2, -0.15) is 0 Å². The second kappa shape index (κ2) is 8.00. The molecule has 0 atom stereocenters. The van der Waals surface area contributed by atoms with E-state index in [2.05, 4.69) is 52.5 Å². The van der Waals surface area contributed by atoms with Crippen molar-refractivity contribution in [2.75, 3.05) is 5.75 Å². The highest BCUT2D eigenvalue weighted by Crippen LogP contribution is 2.35. The smallest absolute Gasteiger partial charge is 0.191 e. The molecular formula is C20H25N3OS. The number of nitrogens with zero attached hydrogens (tertiary/aromatic N) is 3. The number of ketones is 1. The van der Waals surface area contributed by atoms with Gasteiger partial charge >= 0.3 is 0 Å². The van der Waals surface area contributed by atoms with Gasteiger partial charge in [0.15, 0.2) is 5.16 Å². The summed E-state index contributed by atoms with van der Waals surface area (Å²) in [5.41, 5.74) is 3.79. The van der Waals surface area contributed by atoms with Crippen molar-refractivity contribution in [1.29, 1.82) is 0 Å². The second-order valence-corrected chi connectivity index (χ2v) is 7.93. The Hall–Kier alpha value is -1.88. The van der Waals surface area contributed by atoms with Crippen LogP contribution in [0.15, 0.2) is 41.6 Å². The molecule has 3 rings (SSSR count). The Morgan fingerprint density at radius 1 is 1.24 bits per heavy atom. The molecule has 1 saturated carbocycles. The van der Waals surface area contributed by atoms with Crippen LogP contribution in [-0.4, -0.2) is 26.3 Å². The van der Waals surface area contributed by atoms with E-state index in [0.29, 0.717) is 23.9 Å². The Bertz CT molecular complexity index is 756. The monoisotopic (exact) mass is 355 g/mol. The van der Waals surface area contributed by atoms with Crippen molar-refractivity contribution < 1.29 is 4.79 Å². The topological polar surface area (TPSA) is 47.8 Å². The molecule has 25 heavy (non-hydrogen) atoms. The van der Waals surface area contributed by atoms with E-state index in [9.17, 15) is 4.79 Å². The third-order valence-corrected chi connectivity index (χ3v) is 5.74. The Morgan fingerprint density at radius 3 is 2.64 bits per heavy atom. The number of aryl methyl sites for hydroxylation is 2. The van der Waals surface area contributed by atoms with Crippen LogP contribution in [-0.2, 0) is 11.3 Å². The molecule has 0 radical (unpaired) electrons. The van der Waals surface area contributed by atoms with E-state index in [1.807, 2.05) is 6.92 Å². The number of allylic oxidation sites excluding steroid dienone is 1. The lowest BCUT2D eigenvalue weighted by Crippen LogP contribution is -2.16. The summed E-state index contributed by atoms with van der Waals surface area (Å²) < 4.78 is 2.08. The molecule has 0 bridgehead atoms. The van der Waals surface area contributed by atoms with Gasteiger partial charge < -0.3 is 4.57 Å². The number of carbonyl (C=O) groups is 1. The number of rotatable bonds is 8. The molecule has 1 aromatic heterocycles. The Balaban J connectivity index is 1.53. The van der Waals surface area contributed by atoms with E-state index in [4.69, 9.17) is 0 Å². The molecule has 0 spiro atoms. The molecule has 0 amide bonds. The van der Waals surface area contributed by atoms with Gasteiger partial charge in [-0.1, -0.05) is 53.7 Å². The SMILES string of the molecule is C=C1CC(CCC(=O)CSc2nnc(C)n2Cc2ccc(C)cc2)C1. The highest BCUT2D eigenvalue weighted by molar-refractivity contribution is 7.99. The van der Waals surface area contributed by atoms with Gasteiger partial charge in [-0.15, -0.1) is 10.2 Å². The maximum Gasteiger partial charge on any atom is 0.191 e. The first-order valence-corrected chi connectivity index (χ1v) is 9.76. The summed E-state index contributed by atoms with van der Waals surface area (Å²) in [7, 11) is 0. The Labute approximate surface area is 153 Å². The number of hydrogen-bond acceptors (Lipinski definition) is 4. The molecule has 1 fully saturated rings. The minimum Gasteiger partial charge on any atom is -0.302 e. The third-order valence-electron chi connectivity index (χ3n) is 4.71. The van der Waals surface area contributed by atoms with Crippen LogP contribution in [0.4, 0.5) is 0 Å². The standard InChI is InChI=1S/C20H25N3OS/c1-14-4-6-17(7-5-14)12-23-16(3)21-22-20(23)25-13-19(24)9-8-18-10-15(2)11-18/h4-7,18H,2,8-13H2,1,3H3. The average molecular weight is 356 g/mol. The van der Waals surface area contributed by atoms with E-state index in [0.717, 1.165) is 36.8 Å². The van der Waals surface area contributed by atoms with Gasteiger partial charge in [-0.25, -0.2) is 0 Å². The van der Waals surface area contributed by atoms with E-state index in [-0.39, 0.29) is 0 Å². The average Bonchev–Trinajstić information content (AvgIpc) is 2.91. The van der Waals surface area contributed by atoms with E-state index < -0.39 is 0 Å². The van der Waals surface area contributed by atoms with Crippen LogP contribution < -0.4 is 0 Å². The Morgan fingerprint density at radius 2 is 1.96 bits per heavy atom. The number of hydrogen-bond donors (Lipinski definition) is 0. The number of thioether (sulfide) groups is 1. The van der Waals surface area contributed by atoms with Crippen LogP contribution >= 0.6 is 11.8 Å². The van der Waals surface area contributed by atoms with Gasteiger partial charge in [0.25, 0.3) is 0 Å². The van der Waals surface area contributed by atoms with Gasteiger partial charge in [0.1, 0.15) is 11.6 Å². The second-order valence-electron chi connectivity index (χ2n) is 6.99. The molecule has 1 aromatic carbocycles. The summed E-state index contributed by atoms with van der Waals surface area (Å²) in [6, 6.07) is 8.47. The zero-order valence-electron chi connectivity index (χ0n) is 15.0. The lowest BCUT2D eigenvalue weighted by Gasteiger charge is -2.27. The molecule has 2 aromatic rings. The lowest BCUT2D eigenvalue weighted by atomic mass is 9.78. The fourth-order valence-corrected chi connectivity index (χ4v) is 3.96. The molecule has 0 saturated heterocycles. The fourth-order valence-electron chi connectivity index (χ4n) is 3.07. The largest absolute Gasteiger partial charge is 0.302 e. The zero-order valence-corrected chi connectivity index (χ0v) is 15.8. The summed E-state index contributed by atoms with van der Waals surface area (Å²) in [5.74, 6) is 2.32. The van der Waals surface area contributed by atoms with Crippen LogP contribution in [0.25, 0.3) is 0 Å². The molecule has 0 aliphatic heterocycles. The zero-order chi connectivity index (χ0) is 17.8. The maximum absolute atomic E-state index is 12.2. The summed E-state index contributed by atoms with van der Waals surface area (Å²) in [6.45, 7) is 8.73. The summed E-state index contributed by atoms with van der Waals surface area (Å²) in [5, 5.41) is 9.25.